The Balaban J connectivity index is 0.000000259. The van der Waals surface area contributed by atoms with Gasteiger partial charge in [-0.2, -0.15) is 62.3 Å². The Morgan fingerprint density at radius 2 is 0.952 bits per heavy atom. The van der Waals surface area contributed by atoms with Gasteiger partial charge in [0.25, 0.3) is 17.1 Å². The fourth-order valence-electron chi connectivity index (χ4n) is 7.13. The third-order valence-electron chi connectivity index (χ3n) is 10.3. The topological polar surface area (TPSA) is 101 Å². The summed E-state index contributed by atoms with van der Waals surface area (Å²) in [6.07, 6.45) is -20.0. The summed E-state index contributed by atoms with van der Waals surface area (Å²) in [4.78, 5) is 33.9. The molecule has 0 aliphatic carbocycles. The van der Waals surface area contributed by atoms with Crippen LogP contribution in [0.4, 0.5) is 64.1 Å². The lowest BCUT2D eigenvalue weighted by Crippen LogP contribution is -2.53. The summed E-state index contributed by atoms with van der Waals surface area (Å²) in [6, 6.07) is 20.4. The van der Waals surface area contributed by atoms with Crippen molar-refractivity contribution in [2.75, 3.05) is 37.0 Å². The fraction of sp³-hybridized carbons (Fsp3) is 0.381. The number of hydrogen-bond acceptors (Lipinski definition) is 7. The van der Waals surface area contributed by atoms with Crippen LogP contribution in [0.2, 0.25) is 0 Å². The standard InChI is InChI=1S/C22H22F6N2O2.C19H17F6NO.CO2/c1-29(2)19(31)16-7-10-18-15(12-16)4-3-11-30(18)13-14-5-8-17(9-6-14)20(32,21(23,24)25)22(26,27)28;20-18(21,22)17(27,19(23,24)25)15-9-7-13(8-10-15)12-26-11-3-5-14-4-1-2-6-16(14)26;2-1-3/h5-10,12,32H,3-4,11,13H2,1-2H3;1-2,4,6-10,27H,3,5,11-12H2;. The number of benzene rings is 4. The van der Waals surface area contributed by atoms with E-state index in [4.69, 9.17) is 9.59 Å². The minimum Gasteiger partial charge on any atom is -0.369 e. The van der Waals surface area contributed by atoms with E-state index in [2.05, 4.69) is 0 Å². The average Bonchev–Trinajstić information content (AvgIpc) is 3.19. The Bertz CT molecular complexity index is 2150. The summed E-state index contributed by atoms with van der Waals surface area (Å²) in [6.45, 7) is 2.00. The predicted octanol–water partition coefficient (Wildman–Crippen LogP) is 9.02. The van der Waals surface area contributed by atoms with Crippen molar-refractivity contribution in [2.24, 2.45) is 0 Å². The maximum atomic E-state index is 13.1. The maximum absolute atomic E-state index is 13.1. The first kappa shape index (κ1) is 49.1. The minimum atomic E-state index is -5.92. The van der Waals surface area contributed by atoms with Crippen LogP contribution in [-0.4, -0.2) is 79.1 Å². The molecular weight excluding hydrogens is 854 g/mol. The molecule has 20 heteroatoms. The van der Waals surface area contributed by atoms with Gasteiger partial charge in [-0.3, -0.25) is 4.79 Å². The van der Waals surface area contributed by atoms with Crippen molar-refractivity contribution < 1.29 is 77.3 Å². The lowest BCUT2D eigenvalue weighted by Gasteiger charge is -2.33. The number of rotatable bonds is 7. The molecule has 2 heterocycles. The van der Waals surface area contributed by atoms with Gasteiger partial charge in [0, 0.05) is 68.3 Å². The maximum Gasteiger partial charge on any atom is 0.430 e. The fourth-order valence-corrected chi connectivity index (χ4v) is 7.13. The van der Waals surface area contributed by atoms with Gasteiger partial charge in [-0.05, 0) is 72.2 Å². The van der Waals surface area contributed by atoms with E-state index in [1.54, 1.807) is 32.3 Å². The van der Waals surface area contributed by atoms with Crippen molar-refractivity contribution in [1.82, 2.24) is 4.90 Å². The summed E-state index contributed by atoms with van der Waals surface area (Å²) >= 11 is 0. The van der Waals surface area contributed by atoms with Crippen LogP contribution in [-0.2, 0) is 46.7 Å². The summed E-state index contributed by atoms with van der Waals surface area (Å²) in [7, 11) is 3.30. The number of hydrogen-bond donors (Lipinski definition) is 2. The van der Waals surface area contributed by atoms with Crippen molar-refractivity contribution in [1.29, 1.82) is 0 Å². The Morgan fingerprint density at radius 3 is 1.34 bits per heavy atom. The molecule has 0 saturated carbocycles. The van der Waals surface area contributed by atoms with Gasteiger partial charge < -0.3 is 24.9 Å². The number of halogens is 12. The lowest BCUT2D eigenvalue weighted by atomic mass is 9.91. The van der Waals surface area contributed by atoms with Gasteiger partial charge in [0.2, 0.25) is 0 Å². The van der Waals surface area contributed by atoms with Crippen LogP contribution in [0.3, 0.4) is 0 Å². The molecule has 2 aliphatic rings. The summed E-state index contributed by atoms with van der Waals surface area (Å²) in [5, 5.41) is 19.0. The predicted molar refractivity (Wildman–Crippen MR) is 200 cm³/mol. The molecule has 0 fully saturated rings. The van der Waals surface area contributed by atoms with Crippen LogP contribution < -0.4 is 9.80 Å². The third kappa shape index (κ3) is 10.4. The van der Waals surface area contributed by atoms with Crippen LogP contribution in [0.25, 0.3) is 0 Å². The third-order valence-corrected chi connectivity index (χ3v) is 10.3. The van der Waals surface area contributed by atoms with Gasteiger partial charge >= 0.3 is 30.9 Å². The number of nitrogens with zero attached hydrogens (tertiary/aromatic N) is 3. The van der Waals surface area contributed by atoms with Crippen molar-refractivity contribution >= 4 is 23.4 Å². The van der Waals surface area contributed by atoms with Crippen LogP contribution in [0.5, 0.6) is 0 Å². The smallest absolute Gasteiger partial charge is 0.369 e. The van der Waals surface area contributed by atoms with E-state index in [1.807, 2.05) is 34.1 Å². The molecule has 0 spiro atoms. The van der Waals surface area contributed by atoms with Crippen molar-refractivity contribution in [3.05, 3.63) is 130 Å². The molecule has 6 rings (SSSR count). The molecule has 2 aliphatic heterocycles. The second-order valence-corrected chi connectivity index (χ2v) is 14.6. The first-order chi connectivity index (χ1) is 28.7. The SMILES string of the molecule is CN(C)C(=O)c1ccc2c(c1)CCCN2Cc1ccc(C(O)(C(F)(F)F)C(F)(F)F)cc1.O=C=O.OC(c1ccc(CN2CCCc3ccccc32)cc1)(C(F)(F)F)C(F)(F)F. The molecule has 62 heavy (non-hydrogen) atoms. The molecule has 4 aromatic carbocycles. The van der Waals surface area contributed by atoms with Crippen LogP contribution >= 0.6 is 0 Å². The number of aryl methyl sites for hydroxylation is 2. The Labute approximate surface area is 347 Å². The van der Waals surface area contributed by atoms with E-state index < -0.39 is 47.0 Å². The number of aliphatic hydroxyl groups is 2. The summed E-state index contributed by atoms with van der Waals surface area (Å²) < 4.78 is 156. The highest BCUT2D eigenvalue weighted by molar-refractivity contribution is 5.94. The molecule has 0 radical (unpaired) electrons. The Kier molecular flexibility index (Phi) is 14.9. The minimum absolute atomic E-state index is 0.137. The highest BCUT2D eigenvalue weighted by atomic mass is 19.4. The highest BCUT2D eigenvalue weighted by Crippen LogP contribution is 2.51. The summed E-state index contributed by atoms with van der Waals surface area (Å²) in [5.74, 6) is -0.137. The van der Waals surface area contributed by atoms with Crippen LogP contribution in [0.15, 0.2) is 91.0 Å². The molecule has 0 bridgehead atoms. The first-order valence-corrected chi connectivity index (χ1v) is 18.5. The van der Waals surface area contributed by atoms with Crippen molar-refractivity contribution in [3.63, 3.8) is 0 Å². The quantitative estimate of drug-likeness (QED) is 0.179. The molecule has 0 atom stereocenters. The number of carbonyl (C=O) groups is 1. The zero-order valence-corrected chi connectivity index (χ0v) is 32.8. The van der Waals surface area contributed by atoms with Gasteiger partial charge in [0.15, 0.2) is 0 Å². The molecular formula is C42H39F12N3O5. The van der Waals surface area contributed by atoms with Crippen molar-refractivity contribution in [2.45, 2.75) is 74.7 Å². The lowest BCUT2D eigenvalue weighted by molar-refractivity contribution is -0.376. The Hall–Kier alpha value is -5.59. The highest BCUT2D eigenvalue weighted by Gasteiger charge is 2.72. The van der Waals surface area contributed by atoms with E-state index in [0.29, 0.717) is 54.0 Å². The van der Waals surface area contributed by atoms with Gasteiger partial charge in [-0.1, -0.05) is 66.7 Å². The Morgan fingerprint density at radius 1 is 0.581 bits per heavy atom. The number of fused-ring (bicyclic) bond motifs is 2. The first-order valence-electron chi connectivity index (χ1n) is 18.5. The number of alkyl halides is 12. The second kappa shape index (κ2) is 18.8. The largest absolute Gasteiger partial charge is 0.430 e. The molecule has 336 valence electrons. The van der Waals surface area contributed by atoms with Gasteiger partial charge in [0.1, 0.15) is 0 Å². The molecule has 8 nitrogen and oxygen atoms in total. The van der Waals surface area contributed by atoms with Gasteiger partial charge in [0.05, 0.1) is 0 Å². The van der Waals surface area contributed by atoms with E-state index >= 15 is 0 Å². The normalized spacial score (nSPS) is 14.6. The van der Waals surface area contributed by atoms with E-state index in [1.165, 1.54) is 17.0 Å². The number of amides is 1. The molecule has 2 N–H and O–H groups in total. The van der Waals surface area contributed by atoms with Gasteiger partial charge in [-0.15, -0.1) is 0 Å². The molecule has 0 saturated heterocycles. The van der Waals surface area contributed by atoms with Crippen LogP contribution in [0, 0.1) is 0 Å². The second-order valence-electron chi connectivity index (χ2n) is 14.6. The monoisotopic (exact) mass is 893 g/mol. The zero-order chi connectivity index (χ0) is 46.5. The molecule has 4 aromatic rings. The van der Waals surface area contributed by atoms with E-state index in [-0.39, 0.29) is 18.6 Å². The zero-order valence-electron chi connectivity index (χ0n) is 32.8. The van der Waals surface area contributed by atoms with E-state index in [0.717, 1.165) is 66.9 Å². The van der Waals surface area contributed by atoms with Crippen LogP contribution in [0.1, 0.15) is 56.6 Å². The molecule has 0 aromatic heterocycles. The van der Waals surface area contributed by atoms with Crippen molar-refractivity contribution in [3.8, 4) is 0 Å². The molecule has 1 amide bonds. The number of anilines is 2. The summed E-state index contributed by atoms with van der Waals surface area (Å²) in [5.41, 5.74) is -6.80. The van der Waals surface area contributed by atoms with E-state index in [9.17, 15) is 67.7 Å². The molecule has 0 unspecified atom stereocenters. The average molecular weight is 894 g/mol. The number of para-hydroxylation sites is 1. The number of carbonyl (C=O) groups excluding carboxylic acids is 3. The van der Waals surface area contributed by atoms with Gasteiger partial charge in [-0.25, -0.2) is 0 Å².